The van der Waals surface area contributed by atoms with Gasteiger partial charge >= 0.3 is 6.18 Å². The maximum atomic E-state index is 13.5. The number of fused-ring (bicyclic) bond motifs is 1. The van der Waals surface area contributed by atoms with Crippen molar-refractivity contribution in [3.63, 3.8) is 0 Å². The number of nitrogens with zero attached hydrogens (tertiary/aromatic N) is 4. The summed E-state index contributed by atoms with van der Waals surface area (Å²) in [5.74, 6) is 1.56. The number of benzene rings is 2. The van der Waals surface area contributed by atoms with Gasteiger partial charge in [-0.05, 0) is 62.4 Å². The van der Waals surface area contributed by atoms with Crippen LogP contribution >= 0.6 is 0 Å². The summed E-state index contributed by atoms with van der Waals surface area (Å²) in [6, 6.07) is 14.7. The van der Waals surface area contributed by atoms with E-state index < -0.39 is 11.7 Å². The maximum absolute atomic E-state index is 13.5. The molecule has 2 aromatic carbocycles. The molecule has 1 fully saturated rings. The molecule has 0 radical (unpaired) electrons. The van der Waals surface area contributed by atoms with Crippen molar-refractivity contribution in [2.24, 2.45) is 5.92 Å². The van der Waals surface area contributed by atoms with Gasteiger partial charge in [0, 0.05) is 30.6 Å². The third-order valence-corrected chi connectivity index (χ3v) is 7.30. The van der Waals surface area contributed by atoms with E-state index in [-0.39, 0.29) is 6.54 Å². The zero-order chi connectivity index (χ0) is 26.7. The van der Waals surface area contributed by atoms with Crippen molar-refractivity contribution >= 4 is 22.7 Å². The number of rotatable bonds is 9. The predicted octanol–water partition coefficient (Wildman–Crippen LogP) is 7.77. The summed E-state index contributed by atoms with van der Waals surface area (Å²) in [7, 11) is 0. The van der Waals surface area contributed by atoms with Gasteiger partial charge < -0.3 is 14.2 Å². The van der Waals surface area contributed by atoms with Crippen LogP contribution in [0, 0.1) is 12.8 Å². The van der Waals surface area contributed by atoms with Gasteiger partial charge in [-0.3, -0.25) is 0 Å². The maximum Gasteiger partial charge on any atom is 0.416 e. The number of pyridine rings is 1. The van der Waals surface area contributed by atoms with Gasteiger partial charge in [-0.1, -0.05) is 42.7 Å². The largest absolute Gasteiger partial charge is 0.432 e. The lowest BCUT2D eigenvalue weighted by atomic mass is 10.0. The van der Waals surface area contributed by atoms with Gasteiger partial charge in [-0.25, -0.2) is 9.97 Å². The Bertz CT molecular complexity index is 1360. The summed E-state index contributed by atoms with van der Waals surface area (Å²) in [5.41, 5.74) is 2.37. The average Bonchev–Trinajstić information content (AvgIpc) is 3.60. The molecule has 0 aliphatic heterocycles. The van der Waals surface area contributed by atoms with Gasteiger partial charge in [-0.2, -0.15) is 13.2 Å². The Labute approximate surface area is 221 Å². The van der Waals surface area contributed by atoms with Crippen molar-refractivity contribution in [2.45, 2.75) is 58.8 Å². The van der Waals surface area contributed by atoms with Gasteiger partial charge in [-0.15, -0.1) is 0 Å². The van der Waals surface area contributed by atoms with E-state index in [1.807, 2.05) is 29.2 Å². The number of para-hydroxylation sites is 1. The number of aromatic nitrogens is 2. The molecule has 38 heavy (non-hydrogen) atoms. The van der Waals surface area contributed by atoms with Crippen LogP contribution in [0.3, 0.4) is 0 Å². The van der Waals surface area contributed by atoms with Crippen LogP contribution in [-0.2, 0) is 19.3 Å². The third kappa shape index (κ3) is 5.95. The normalized spacial score (nSPS) is 14.3. The van der Waals surface area contributed by atoms with Crippen molar-refractivity contribution in [1.29, 1.82) is 0 Å². The molecule has 200 valence electrons. The molecule has 2 heterocycles. The lowest BCUT2D eigenvalue weighted by Gasteiger charge is -2.30. The Kier molecular flexibility index (Phi) is 7.58. The van der Waals surface area contributed by atoms with Crippen molar-refractivity contribution < 1.29 is 17.6 Å². The van der Waals surface area contributed by atoms with Crippen LogP contribution in [0.5, 0.6) is 0 Å². The van der Waals surface area contributed by atoms with Gasteiger partial charge in [0.2, 0.25) is 0 Å². The third-order valence-electron chi connectivity index (χ3n) is 7.30. The first-order valence-corrected chi connectivity index (χ1v) is 13.3. The van der Waals surface area contributed by atoms with Crippen molar-refractivity contribution in [3.05, 3.63) is 83.2 Å². The second-order valence-corrected chi connectivity index (χ2v) is 10.2. The quantitative estimate of drug-likeness (QED) is 0.225. The van der Waals surface area contributed by atoms with Crippen molar-refractivity contribution in [2.75, 3.05) is 22.9 Å². The Balaban J connectivity index is 1.53. The van der Waals surface area contributed by atoms with Crippen molar-refractivity contribution in [1.82, 2.24) is 9.97 Å². The number of alkyl halides is 3. The molecule has 1 aliphatic rings. The van der Waals surface area contributed by atoms with Crippen LogP contribution < -0.4 is 9.80 Å². The average molecular weight is 523 g/mol. The van der Waals surface area contributed by atoms with Crippen LogP contribution in [0.1, 0.15) is 54.9 Å². The molecule has 5 nitrogen and oxygen atoms in total. The van der Waals surface area contributed by atoms with Crippen LogP contribution in [0.2, 0.25) is 0 Å². The van der Waals surface area contributed by atoms with E-state index in [0.717, 1.165) is 35.4 Å². The number of hydrogen-bond donors (Lipinski definition) is 0. The van der Waals surface area contributed by atoms with Crippen LogP contribution in [0.15, 0.2) is 65.4 Å². The molecular weight excluding hydrogens is 489 g/mol. The van der Waals surface area contributed by atoms with Gasteiger partial charge in [0.1, 0.15) is 12.1 Å². The Morgan fingerprint density at radius 2 is 1.79 bits per heavy atom. The smallest absolute Gasteiger partial charge is 0.416 e. The van der Waals surface area contributed by atoms with Crippen LogP contribution in [0.4, 0.5) is 25.0 Å². The number of oxazole rings is 1. The van der Waals surface area contributed by atoms with E-state index in [0.29, 0.717) is 29.6 Å². The minimum Gasteiger partial charge on any atom is -0.432 e. The molecule has 0 atom stereocenters. The first-order valence-electron chi connectivity index (χ1n) is 13.3. The van der Waals surface area contributed by atoms with E-state index in [1.165, 1.54) is 44.1 Å². The highest BCUT2D eigenvalue weighted by atomic mass is 19.4. The van der Waals surface area contributed by atoms with Gasteiger partial charge in [0.25, 0.3) is 6.01 Å². The summed E-state index contributed by atoms with van der Waals surface area (Å²) >= 11 is 0. The zero-order valence-electron chi connectivity index (χ0n) is 21.8. The Morgan fingerprint density at radius 1 is 1.00 bits per heavy atom. The predicted molar refractivity (Wildman–Crippen MR) is 144 cm³/mol. The first kappa shape index (κ1) is 26.1. The molecule has 0 spiro atoms. The molecule has 0 saturated heterocycles. The summed E-state index contributed by atoms with van der Waals surface area (Å²) in [6.45, 7) is 6.20. The van der Waals surface area contributed by atoms with Gasteiger partial charge in [0.15, 0.2) is 0 Å². The minimum absolute atomic E-state index is 0.215. The fourth-order valence-electron chi connectivity index (χ4n) is 5.52. The summed E-state index contributed by atoms with van der Waals surface area (Å²) in [4.78, 5) is 13.7. The summed E-state index contributed by atoms with van der Waals surface area (Å²) in [5, 5.41) is 1.02. The molecule has 8 heteroatoms. The highest BCUT2D eigenvalue weighted by Gasteiger charge is 2.31. The molecule has 4 aromatic rings. The van der Waals surface area contributed by atoms with E-state index in [2.05, 4.69) is 22.9 Å². The molecule has 0 unspecified atom stereocenters. The molecule has 1 aliphatic carbocycles. The van der Waals surface area contributed by atoms with Gasteiger partial charge in [0.05, 0.1) is 23.8 Å². The zero-order valence-corrected chi connectivity index (χ0v) is 21.8. The lowest BCUT2D eigenvalue weighted by Crippen LogP contribution is -2.31. The second-order valence-electron chi connectivity index (χ2n) is 10.2. The summed E-state index contributed by atoms with van der Waals surface area (Å²) < 4.78 is 46.3. The standard InChI is InChI=1S/C30H33F3N4O/c1-3-36(18-22-8-4-5-9-22)28-25(17-24-10-6-7-11-27(24)35-28)20-37(29-34-12-13-38-29)19-23-14-21(2)15-26(16-23)30(31,32)33/h6-7,10-17,22H,3-5,8-9,18-20H2,1-2H3. The molecular formula is C30H33F3N4O. The highest BCUT2D eigenvalue weighted by molar-refractivity contribution is 5.82. The fourth-order valence-corrected chi connectivity index (χ4v) is 5.52. The number of hydrogen-bond acceptors (Lipinski definition) is 5. The molecule has 1 saturated carbocycles. The fraction of sp³-hybridized carbons (Fsp3) is 0.400. The highest BCUT2D eigenvalue weighted by Crippen LogP contribution is 2.33. The van der Waals surface area contributed by atoms with E-state index in [1.54, 1.807) is 19.2 Å². The SMILES string of the molecule is CCN(CC1CCCC1)c1nc2ccccc2cc1CN(Cc1cc(C)cc(C(F)(F)F)c1)c1ncco1. The molecule has 2 aromatic heterocycles. The molecule has 0 amide bonds. The lowest BCUT2D eigenvalue weighted by molar-refractivity contribution is -0.137. The molecule has 5 rings (SSSR count). The van der Waals surface area contributed by atoms with Crippen LogP contribution in [0.25, 0.3) is 10.9 Å². The van der Waals surface area contributed by atoms with Crippen LogP contribution in [-0.4, -0.2) is 23.1 Å². The minimum atomic E-state index is -4.41. The number of aryl methyl sites for hydroxylation is 1. The van der Waals surface area contributed by atoms with E-state index in [9.17, 15) is 13.2 Å². The summed E-state index contributed by atoms with van der Waals surface area (Å²) in [6.07, 6.45) is 3.64. The number of anilines is 2. The second kappa shape index (κ2) is 11.1. The topological polar surface area (TPSA) is 45.4 Å². The number of halogens is 3. The molecule has 0 N–H and O–H groups in total. The van der Waals surface area contributed by atoms with Crippen molar-refractivity contribution in [3.8, 4) is 0 Å². The van der Waals surface area contributed by atoms with E-state index in [4.69, 9.17) is 9.40 Å². The Hall–Kier alpha value is -3.55. The van der Waals surface area contributed by atoms with E-state index >= 15 is 0 Å². The monoisotopic (exact) mass is 522 g/mol. The Morgan fingerprint density at radius 3 is 2.50 bits per heavy atom. The molecule has 0 bridgehead atoms. The first-order chi connectivity index (χ1) is 18.3.